The molecule has 0 aliphatic heterocycles. The van der Waals surface area contributed by atoms with E-state index >= 15 is 0 Å². The summed E-state index contributed by atoms with van der Waals surface area (Å²) < 4.78 is 4.89. The number of rotatable bonds is 5. The molecule has 0 radical (unpaired) electrons. The van der Waals surface area contributed by atoms with E-state index in [2.05, 4.69) is 15.9 Å². The van der Waals surface area contributed by atoms with Crippen LogP contribution in [0.4, 0.5) is 0 Å². The summed E-state index contributed by atoms with van der Waals surface area (Å²) in [5, 5.41) is 0.782. The fourth-order valence-electron chi connectivity index (χ4n) is 1.39. The van der Waals surface area contributed by atoms with E-state index in [0.29, 0.717) is 17.3 Å². The summed E-state index contributed by atoms with van der Waals surface area (Å²) in [7, 11) is 0. The molecule has 0 N–H and O–H groups in total. The zero-order valence-corrected chi connectivity index (χ0v) is 11.7. The van der Waals surface area contributed by atoms with Crippen LogP contribution in [0.1, 0.15) is 34.1 Å². The molecule has 0 saturated heterocycles. The summed E-state index contributed by atoms with van der Waals surface area (Å²) in [6, 6.07) is 4.80. The van der Waals surface area contributed by atoms with Gasteiger partial charge >= 0.3 is 5.97 Å². The van der Waals surface area contributed by atoms with Gasteiger partial charge in [-0.15, -0.1) is 0 Å². The highest BCUT2D eigenvalue weighted by Gasteiger charge is 2.20. The van der Waals surface area contributed by atoms with Crippen LogP contribution in [0.15, 0.2) is 18.2 Å². The molecule has 3 nitrogen and oxygen atoms in total. The van der Waals surface area contributed by atoms with Crippen LogP contribution in [0.5, 0.6) is 0 Å². The molecule has 1 rings (SSSR count). The maximum atomic E-state index is 11.8. The van der Waals surface area contributed by atoms with Gasteiger partial charge in [-0.3, -0.25) is 4.79 Å². The Balaban J connectivity index is 3.17. The highest BCUT2D eigenvalue weighted by molar-refractivity contribution is 9.09. The smallest absolute Gasteiger partial charge is 0.340 e. The van der Waals surface area contributed by atoms with Gasteiger partial charge in [0.2, 0.25) is 0 Å². The second-order valence-corrected chi connectivity index (χ2v) is 4.45. The van der Waals surface area contributed by atoms with Crippen molar-refractivity contribution in [2.45, 2.75) is 13.3 Å². The van der Waals surface area contributed by atoms with Gasteiger partial charge in [-0.2, -0.15) is 0 Å². The highest BCUT2D eigenvalue weighted by atomic mass is 79.9. The van der Waals surface area contributed by atoms with Crippen LogP contribution < -0.4 is 0 Å². The van der Waals surface area contributed by atoms with Crippen LogP contribution in [-0.4, -0.2) is 23.7 Å². The van der Waals surface area contributed by atoms with Crippen molar-refractivity contribution >= 4 is 39.3 Å². The fourth-order valence-corrected chi connectivity index (χ4v) is 2.00. The molecule has 1 aromatic carbocycles. The molecule has 5 heteroatoms. The summed E-state index contributed by atoms with van der Waals surface area (Å²) in [5.41, 5.74) is 0.470. The predicted molar refractivity (Wildman–Crippen MR) is 70.2 cm³/mol. The van der Waals surface area contributed by atoms with E-state index in [0.717, 1.165) is 0 Å². The molecule has 0 heterocycles. The summed E-state index contributed by atoms with van der Waals surface area (Å²) in [6.07, 6.45) is 0.312. The van der Waals surface area contributed by atoms with Crippen LogP contribution >= 0.6 is 27.5 Å². The van der Waals surface area contributed by atoms with Gasteiger partial charge in [0, 0.05) is 17.3 Å². The number of carbonyl (C=O) groups is 2. The molecule has 17 heavy (non-hydrogen) atoms. The highest BCUT2D eigenvalue weighted by Crippen LogP contribution is 2.22. The van der Waals surface area contributed by atoms with Gasteiger partial charge in [-0.05, 0) is 13.0 Å². The molecule has 1 aromatic rings. The molecule has 0 saturated carbocycles. The number of carbonyl (C=O) groups excluding carboxylic acids is 2. The van der Waals surface area contributed by atoms with E-state index in [1.54, 1.807) is 25.1 Å². The Labute approximate surface area is 113 Å². The summed E-state index contributed by atoms with van der Waals surface area (Å²) >= 11 is 9.13. The molecule has 0 atom stereocenters. The van der Waals surface area contributed by atoms with Crippen LogP contribution in [0, 0.1) is 0 Å². The van der Waals surface area contributed by atoms with Crippen molar-refractivity contribution in [1.82, 2.24) is 0 Å². The molecule has 0 amide bonds. The van der Waals surface area contributed by atoms with Crippen molar-refractivity contribution in [3.63, 3.8) is 0 Å². The number of alkyl halides is 1. The summed E-state index contributed by atoms with van der Waals surface area (Å²) in [5.74, 6) is -0.691. The Morgan fingerprint density at radius 1 is 1.41 bits per heavy atom. The summed E-state index contributed by atoms with van der Waals surface area (Å²) in [6.45, 7) is 1.95. The summed E-state index contributed by atoms with van der Waals surface area (Å²) in [4.78, 5) is 23.6. The van der Waals surface area contributed by atoms with Crippen molar-refractivity contribution in [3.8, 4) is 0 Å². The van der Waals surface area contributed by atoms with Crippen molar-refractivity contribution < 1.29 is 14.3 Å². The molecule has 92 valence electrons. The molecule has 0 aliphatic rings. The Hall–Kier alpha value is -0.870. The zero-order valence-electron chi connectivity index (χ0n) is 9.33. The number of esters is 1. The van der Waals surface area contributed by atoms with Gasteiger partial charge in [0.05, 0.1) is 17.2 Å². The number of benzene rings is 1. The third kappa shape index (κ3) is 3.54. The molecular weight excluding hydrogens is 307 g/mol. The van der Waals surface area contributed by atoms with Crippen LogP contribution in [0.3, 0.4) is 0 Å². The Morgan fingerprint density at radius 3 is 2.71 bits per heavy atom. The van der Waals surface area contributed by atoms with Crippen molar-refractivity contribution in [2.24, 2.45) is 0 Å². The average molecular weight is 320 g/mol. The number of hydrogen-bond acceptors (Lipinski definition) is 3. The van der Waals surface area contributed by atoms with Crippen LogP contribution in [0.2, 0.25) is 5.02 Å². The SMILES string of the molecule is CCOC(=O)c1c(Cl)cccc1C(=O)CCBr. The minimum absolute atomic E-state index is 0.132. The van der Waals surface area contributed by atoms with Gasteiger partial charge in [-0.25, -0.2) is 4.79 Å². The minimum atomic E-state index is -0.559. The molecule has 0 fully saturated rings. The lowest BCUT2D eigenvalue weighted by Gasteiger charge is -2.09. The molecule has 0 aromatic heterocycles. The molecule has 0 unspecified atom stereocenters. The normalized spacial score (nSPS) is 10.1. The molecular formula is C12H12BrClO3. The third-order valence-electron chi connectivity index (χ3n) is 2.12. The maximum Gasteiger partial charge on any atom is 0.340 e. The van der Waals surface area contributed by atoms with E-state index in [4.69, 9.17) is 16.3 Å². The topological polar surface area (TPSA) is 43.4 Å². The standard InChI is InChI=1S/C12H12BrClO3/c1-2-17-12(16)11-8(10(15)6-7-13)4-3-5-9(11)14/h3-5H,2,6-7H2,1H3. The number of Topliss-reactive ketones (excluding diaryl/α,β-unsaturated/α-hetero) is 1. The van der Waals surface area contributed by atoms with E-state index in [9.17, 15) is 9.59 Å². The van der Waals surface area contributed by atoms with Gasteiger partial charge in [-0.1, -0.05) is 39.7 Å². The van der Waals surface area contributed by atoms with Gasteiger partial charge in [0.1, 0.15) is 0 Å². The molecule has 0 spiro atoms. The Morgan fingerprint density at radius 2 is 2.12 bits per heavy atom. The monoisotopic (exact) mass is 318 g/mol. The predicted octanol–water partition coefficient (Wildman–Crippen LogP) is 3.48. The third-order valence-corrected chi connectivity index (χ3v) is 2.83. The lowest BCUT2D eigenvalue weighted by molar-refractivity contribution is 0.0523. The van der Waals surface area contributed by atoms with Crippen molar-refractivity contribution in [2.75, 3.05) is 11.9 Å². The van der Waals surface area contributed by atoms with E-state index in [-0.39, 0.29) is 23.0 Å². The second kappa shape index (κ2) is 6.77. The first-order valence-corrected chi connectivity index (χ1v) is 6.66. The first kappa shape index (κ1) is 14.2. The van der Waals surface area contributed by atoms with E-state index in [1.165, 1.54) is 0 Å². The van der Waals surface area contributed by atoms with Crippen molar-refractivity contribution in [3.05, 3.63) is 34.3 Å². The number of hydrogen-bond donors (Lipinski definition) is 0. The van der Waals surface area contributed by atoms with Crippen LogP contribution in [0.25, 0.3) is 0 Å². The zero-order chi connectivity index (χ0) is 12.8. The average Bonchev–Trinajstić information content (AvgIpc) is 2.29. The van der Waals surface area contributed by atoms with E-state index < -0.39 is 5.97 Å². The Bertz CT molecular complexity index is 432. The number of halogens is 2. The molecule has 0 aliphatic carbocycles. The van der Waals surface area contributed by atoms with Crippen LogP contribution in [-0.2, 0) is 4.74 Å². The van der Waals surface area contributed by atoms with Gasteiger partial charge in [0.15, 0.2) is 5.78 Å². The largest absolute Gasteiger partial charge is 0.462 e. The van der Waals surface area contributed by atoms with E-state index in [1.807, 2.05) is 0 Å². The first-order valence-electron chi connectivity index (χ1n) is 5.16. The number of ether oxygens (including phenoxy) is 1. The minimum Gasteiger partial charge on any atom is -0.462 e. The van der Waals surface area contributed by atoms with Gasteiger partial charge in [0.25, 0.3) is 0 Å². The van der Waals surface area contributed by atoms with Crippen molar-refractivity contribution in [1.29, 1.82) is 0 Å². The first-order chi connectivity index (χ1) is 8.11. The second-order valence-electron chi connectivity index (χ2n) is 3.25. The van der Waals surface area contributed by atoms with Gasteiger partial charge < -0.3 is 4.74 Å². The quantitative estimate of drug-likeness (QED) is 0.474. The number of ketones is 1. The maximum absolute atomic E-state index is 11.8. The lowest BCUT2D eigenvalue weighted by atomic mass is 10.0. The molecule has 0 bridgehead atoms. The fraction of sp³-hybridized carbons (Fsp3) is 0.333. The lowest BCUT2D eigenvalue weighted by Crippen LogP contribution is -2.13. The Kier molecular flexibility index (Phi) is 5.65.